The van der Waals surface area contributed by atoms with Gasteiger partial charge in [0.2, 0.25) is 0 Å². The second-order valence-corrected chi connectivity index (χ2v) is 5.43. The van der Waals surface area contributed by atoms with E-state index in [1.54, 1.807) is 12.3 Å². The molecule has 0 amide bonds. The molecule has 0 radical (unpaired) electrons. The Balaban J connectivity index is 0.000000203. The summed E-state index contributed by atoms with van der Waals surface area (Å²) in [5, 5.41) is 11.8. The molecule has 0 bridgehead atoms. The van der Waals surface area contributed by atoms with Gasteiger partial charge in [-0.25, -0.2) is 4.98 Å². The first-order valence-electron chi connectivity index (χ1n) is 7.53. The van der Waals surface area contributed by atoms with Gasteiger partial charge in [0.05, 0.1) is 6.04 Å². The van der Waals surface area contributed by atoms with E-state index in [1.165, 1.54) is 0 Å². The van der Waals surface area contributed by atoms with Crippen molar-refractivity contribution in [2.24, 2.45) is 10.7 Å². The van der Waals surface area contributed by atoms with Crippen molar-refractivity contribution < 1.29 is 0 Å². The van der Waals surface area contributed by atoms with Gasteiger partial charge in [0.1, 0.15) is 17.6 Å². The number of nitrogens with one attached hydrogen (secondary N) is 1. The van der Waals surface area contributed by atoms with Crippen molar-refractivity contribution in [3.8, 4) is 6.07 Å². The van der Waals surface area contributed by atoms with Gasteiger partial charge >= 0.3 is 0 Å². The molecule has 2 atom stereocenters. The van der Waals surface area contributed by atoms with Crippen LogP contribution in [0.4, 0.5) is 5.69 Å². The third-order valence-electron chi connectivity index (χ3n) is 3.95. The zero-order valence-corrected chi connectivity index (χ0v) is 13.6. The number of rotatable bonds is 1. The molecule has 5 nitrogen and oxygen atoms in total. The molecule has 2 heterocycles. The number of amidine groups is 1. The normalized spacial score (nSPS) is 18.6. The van der Waals surface area contributed by atoms with Gasteiger partial charge < -0.3 is 11.1 Å². The monoisotopic (exact) mass is 307 g/mol. The minimum Gasteiger partial charge on any atom is -0.388 e. The minimum atomic E-state index is 0.159. The molecule has 3 N–H and O–H groups in total. The van der Waals surface area contributed by atoms with Crippen LogP contribution >= 0.6 is 0 Å². The number of aliphatic imine (C=N–C) groups is 1. The van der Waals surface area contributed by atoms with Gasteiger partial charge in [-0.2, -0.15) is 5.26 Å². The van der Waals surface area contributed by atoms with Gasteiger partial charge in [-0.1, -0.05) is 25.1 Å². The molecule has 2 aromatic rings. The molecule has 0 saturated heterocycles. The zero-order valence-electron chi connectivity index (χ0n) is 13.6. The van der Waals surface area contributed by atoms with Crippen molar-refractivity contribution in [3.05, 3.63) is 59.4 Å². The molecule has 0 saturated carbocycles. The summed E-state index contributed by atoms with van der Waals surface area (Å²) in [6, 6.07) is 14.1. The topological polar surface area (TPSA) is 87.1 Å². The number of hydrogen-bond acceptors (Lipinski definition) is 5. The van der Waals surface area contributed by atoms with Gasteiger partial charge in [0.25, 0.3) is 0 Å². The van der Waals surface area contributed by atoms with Crippen LogP contribution < -0.4 is 11.1 Å². The first-order valence-corrected chi connectivity index (χ1v) is 7.53. The Hall–Kier alpha value is -2.87. The van der Waals surface area contributed by atoms with Gasteiger partial charge in [0, 0.05) is 30.4 Å². The van der Waals surface area contributed by atoms with E-state index in [2.05, 4.69) is 22.2 Å². The number of para-hydroxylation sites is 1. The fourth-order valence-corrected chi connectivity index (χ4v) is 2.39. The molecule has 118 valence electrons. The fourth-order valence-electron chi connectivity index (χ4n) is 2.39. The van der Waals surface area contributed by atoms with Crippen LogP contribution in [0.25, 0.3) is 0 Å². The molecule has 0 spiro atoms. The number of nitrogens with zero attached hydrogens (tertiary/aromatic N) is 3. The number of fused-ring (bicyclic) bond motifs is 1. The first-order chi connectivity index (χ1) is 11.1. The zero-order chi connectivity index (χ0) is 16.8. The average molecular weight is 307 g/mol. The summed E-state index contributed by atoms with van der Waals surface area (Å²) >= 11 is 0. The predicted molar refractivity (Wildman–Crippen MR) is 93.5 cm³/mol. The Morgan fingerprint density at radius 2 is 1.91 bits per heavy atom. The molecular weight excluding hydrogens is 286 g/mol. The lowest BCUT2D eigenvalue weighted by atomic mass is 9.88. The molecule has 0 fully saturated rings. The van der Waals surface area contributed by atoms with Crippen LogP contribution in [0.15, 0.2) is 47.6 Å². The molecule has 1 aromatic carbocycles. The summed E-state index contributed by atoms with van der Waals surface area (Å²) < 4.78 is 0. The smallest absolute Gasteiger partial charge is 0.140 e. The second kappa shape index (κ2) is 7.41. The van der Waals surface area contributed by atoms with Crippen LogP contribution in [0.1, 0.15) is 36.6 Å². The van der Waals surface area contributed by atoms with Crippen LogP contribution in [0, 0.1) is 11.3 Å². The Kier molecular flexibility index (Phi) is 5.32. The minimum absolute atomic E-state index is 0.159. The highest BCUT2D eigenvalue weighted by Gasteiger charge is 2.24. The van der Waals surface area contributed by atoms with Crippen molar-refractivity contribution in [2.45, 2.75) is 25.8 Å². The SMILES string of the molecule is CC1N=C(N)c2cnc(C#N)cc2C1C.CNc1ccccc1. The molecule has 1 aliphatic rings. The van der Waals surface area contributed by atoms with Crippen LogP contribution in [0.2, 0.25) is 0 Å². The number of anilines is 1. The van der Waals surface area contributed by atoms with Crippen molar-refractivity contribution in [1.82, 2.24) is 4.98 Å². The van der Waals surface area contributed by atoms with E-state index in [0.29, 0.717) is 11.5 Å². The molecule has 3 rings (SSSR count). The van der Waals surface area contributed by atoms with Gasteiger partial charge in [0.15, 0.2) is 0 Å². The number of pyridine rings is 1. The summed E-state index contributed by atoms with van der Waals surface area (Å²) in [5.74, 6) is 0.801. The maximum absolute atomic E-state index is 8.78. The largest absolute Gasteiger partial charge is 0.388 e. The third kappa shape index (κ3) is 3.86. The van der Waals surface area contributed by atoms with Crippen LogP contribution in [-0.2, 0) is 0 Å². The highest BCUT2D eigenvalue weighted by atomic mass is 14.9. The number of nitrogens with two attached hydrogens (primary N) is 1. The first kappa shape index (κ1) is 16.5. The maximum atomic E-state index is 8.78. The number of hydrogen-bond donors (Lipinski definition) is 2. The van der Waals surface area contributed by atoms with Crippen LogP contribution in [0.3, 0.4) is 0 Å². The molecule has 0 aliphatic carbocycles. The number of nitriles is 1. The quantitative estimate of drug-likeness (QED) is 0.848. The third-order valence-corrected chi connectivity index (χ3v) is 3.95. The predicted octanol–water partition coefficient (Wildman–Crippen LogP) is 2.89. The lowest BCUT2D eigenvalue weighted by molar-refractivity contribution is 0.603. The highest BCUT2D eigenvalue weighted by molar-refractivity contribution is 5.99. The van der Waals surface area contributed by atoms with E-state index in [9.17, 15) is 0 Å². The van der Waals surface area contributed by atoms with Crippen molar-refractivity contribution in [2.75, 3.05) is 12.4 Å². The Bertz CT molecular complexity index is 731. The summed E-state index contributed by atoms with van der Waals surface area (Å²) in [6.45, 7) is 4.10. The van der Waals surface area contributed by atoms with E-state index in [0.717, 1.165) is 16.8 Å². The van der Waals surface area contributed by atoms with E-state index >= 15 is 0 Å². The van der Waals surface area contributed by atoms with Gasteiger partial charge in [-0.3, -0.25) is 4.99 Å². The fraction of sp³-hybridized carbons (Fsp3) is 0.278. The van der Waals surface area contributed by atoms with E-state index in [4.69, 9.17) is 11.0 Å². The van der Waals surface area contributed by atoms with E-state index < -0.39 is 0 Å². The summed E-state index contributed by atoms with van der Waals surface area (Å²) in [4.78, 5) is 8.33. The lowest BCUT2D eigenvalue weighted by Crippen LogP contribution is -2.27. The van der Waals surface area contributed by atoms with Crippen molar-refractivity contribution in [3.63, 3.8) is 0 Å². The second-order valence-electron chi connectivity index (χ2n) is 5.43. The number of aromatic nitrogens is 1. The van der Waals surface area contributed by atoms with Crippen molar-refractivity contribution in [1.29, 1.82) is 5.26 Å². The Labute approximate surface area is 136 Å². The maximum Gasteiger partial charge on any atom is 0.140 e. The summed E-state index contributed by atoms with van der Waals surface area (Å²) in [6.07, 6.45) is 1.63. The Morgan fingerprint density at radius 3 is 2.48 bits per heavy atom. The average Bonchev–Trinajstić information content (AvgIpc) is 2.60. The van der Waals surface area contributed by atoms with E-state index in [-0.39, 0.29) is 12.0 Å². The molecule has 5 heteroatoms. The molecule has 1 aromatic heterocycles. The lowest BCUT2D eigenvalue weighted by Gasteiger charge is -2.25. The van der Waals surface area contributed by atoms with Crippen LogP contribution in [-0.4, -0.2) is 23.9 Å². The van der Waals surface area contributed by atoms with Gasteiger partial charge in [-0.15, -0.1) is 0 Å². The van der Waals surface area contributed by atoms with Crippen LogP contribution in [0.5, 0.6) is 0 Å². The molecule has 23 heavy (non-hydrogen) atoms. The highest BCUT2D eigenvalue weighted by Crippen LogP contribution is 2.28. The molecule has 1 aliphatic heterocycles. The van der Waals surface area contributed by atoms with Crippen molar-refractivity contribution >= 4 is 11.5 Å². The Morgan fingerprint density at radius 1 is 1.22 bits per heavy atom. The number of benzene rings is 1. The molecular formula is C18H21N5. The molecule has 2 unspecified atom stereocenters. The van der Waals surface area contributed by atoms with E-state index in [1.807, 2.05) is 50.4 Å². The van der Waals surface area contributed by atoms with Gasteiger partial charge in [-0.05, 0) is 30.7 Å². The summed E-state index contributed by atoms with van der Waals surface area (Å²) in [5.41, 5.74) is 9.34. The standard InChI is InChI=1S/C11H12N4.C7H9N/c1-6-7(2)15-11(13)10-5-14-8(4-12)3-9(6)10;1-8-7-5-3-2-4-6-7/h3,5-7H,1-2H3,(H2,13,15);2-6,8H,1H3. The summed E-state index contributed by atoms with van der Waals surface area (Å²) in [7, 11) is 1.91.